The molecule has 3 N–H and O–H groups in total. The number of rotatable bonds is 4. The Morgan fingerprint density at radius 2 is 2.00 bits per heavy atom. The van der Waals surface area contributed by atoms with E-state index in [1.165, 1.54) is 54.6 Å². The number of hydrazone groups is 1. The number of amides is 1. The third kappa shape index (κ3) is 7.70. The Bertz CT molecular complexity index is 1430. The van der Waals surface area contributed by atoms with E-state index in [4.69, 9.17) is 11.6 Å². The van der Waals surface area contributed by atoms with E-state index in [2.05, 4.69) is 43.1 Å². The van der Waals surface area contributed by atoms with Crippen LogP contribution < -0.4 is 21.6 Å². The van der Waals surface area contributed by atoms with Gasteiger partial charge in [-0.2, -0.15) is 14.9 Å². The SMILES string of the molecule is CC.CC.O=C(NC1=NNC(C#CC2CC2)S1)c1cnc(-n2ncccc2=O)cc1C1=CC(C(F)F)NC=C1Cl. The van der Waals surface area contributed by atoms with Gasteiger partial charge in [-0.15, -0.1) is 0 Å². The van der Waals surface area contributed by atoms with Crippen LogP contribution in [-0.2, 0) is 0 Å². The van der Waals surface area contributed by atoms with Gasteiger partial charge in [0.05, 0.1) is 10.6 Å². The predicted molar refractivity (Wildman–Crippen MR) is 155 cm³/mol. The first-order valence-electron chi connectivity index (χ1n) is 12.9. The van der Waals surface area contributed by atoms with Gasteiger partial charge in [-0.3, -0.25) is 20.3 Å². The first-order valence-corrected chi connectivity index (χ1v) is 14.1. The molecule has 1 amide bonds. The van der Waals surface area contributed by atoms with Gasteiger partial charge in [0, 0.05) is 41.7 Å². The van der Waals surface area contributed by atoms with E-state index >= 15 is 0 Å². The van der Waals surface area contributed by atoms with E-state index in [9.17, 15) is 18.4 Å². The minimum absolute atomic E-state index is 0.0475. The van der Waals surface area contributed by atoms with Crippen molar-refractivity contribution in [2.45, 2.75) is 58.4 Å². The maximum Gasteiger partial charge on any atom is 0.272 e. The summed E-state index contributed by atoms with van der Waals surface area (Å²) in [4.78, 5) is 29.7. The highest BCUT2D eigenvalue weighted by Gasteiger charge is 2.28. The quantitative estimate of drug-likeness (QED) is 0.451. The smallest absolute Gasteiger partial charge is 0.272 e. The van der Waals surface area contributed by atoms with E-state index in [0.717, 1.165) is 17.5 Å². The van der Waals surface area contributed by atoms with Crippen molar-refractivity contribution in [3.8, 4) is 17.7 Å². The summed E-state index contributed by atoms with van der Waals surface area (Å²) in [7, 11) is 0. The lowest BCUT2D eigenvalue weighted by Gasteiger charge is -2.22. The largest absolute Gasteiger partial charge is 0.378 e. The number of carbonyl (C=O) groups is 1. The number of alkyl halides is 2. The van der Waals surface area contributed by atoms with Gasteiger partial charge >= 0.3 is 0 Å². The number of pyridine rings is 1. The Hall–Kier alpha value is -3.69. The number of hydrogen-bond acceptors (Lipinski definition) is 8. The molecule has 2 aliphatic heterocycles. The number of hydrogen-bond donors (Lipinski definition) is 3. The molecule has 0 spiro atoms. The molecule has 40 heavy (non-hydrogen) atoms. The zero-order valence-electron chi connectivity index (χ0n) is 22.4. The first kappa shape index (κ1) is 30.8. The van der Waals surface area contributed by atoms with Gasteiger partial charge in [-0.05, 0) is 42.8 Å². The van der Waals surface area contributed by atoms with Gasteiger partial charge < -0.3 is 5.32 Å². The number of carbonyl (C=O) groups excluding carboxylic acids is 1. The third-order valence-electron chi connectivity index (χ3n) is 5.36. The minimum Gasteiger partial charge on any atom is -0.378 e. The second-order valence-corrected chi connectivity index (χ2v) is 9.52. The molecule has 1 saturated carbocycles. The molecule has 0 aromatic carbocycles. The van der Waals surface area contributed by atoms with Gasteiger partial charge in [0.15, 0.2) is 16.4 Å². The van der Waals surface area contributed by atoms with Crippen molar-refractivity contribution in [2.24, 2.45) is 11.0 Å². The molecular formula is C27H30ClF2N7O2S. The number of allylic oxidation sites excluding steroid dienone is 2. The van der Waals surface area contributed by atoms with Crippen LogP contribution in [0.15, 0.2) is 57.8 Å². The average Bonchev–Trinajstić information content (AvgIpc) is 3.71. The molecule has 2 unspecified atom stereocenters. The van der Waals surface area contributed by atoms with E-state index < -0.39 is 23.9 Å². The fraction of sp³-hybridized carbons (Fsp3) is 0.370. The lowest BCUT2D eigenvalue weighted by atomic mass is 9.97. The zero-order valence-corrected chi connectivity index (χ0v) is 24.0. The molecular weight excluding hydrogens is 560 g/mol. The van der Waals surface area contributed by atoms with Crippen molar-refractivity contribution in [1.82, 2.24) is 30.8 Å². The summed E-state index contributed by atoms with van der Waals surface area (Å²) in [6.45, 7) is 8.00. The molecule has 2 atom stereocenters. The summed E-state index contributed by atoms with van der Waals surface area (Å²) in [5, 5.41) is 13.4. The number of dihydropyridines is 1. The van der Waals surface area contributed by atoms with Crippen LogP contribution in [0.5, 0.6) is 0 Å². The second-order valence-electron chi connectivity index (χ2n) is 8.02. The molecule has 0 radical (unpaired) electrons. The second kappa shape index (κ2) is 14.6. The monoisotopic (exact) mass is 589 g/mol. The number of halogens is 3. The maximum atomic E-state index is 13.5. The summed E-state index contributed by atoms with van der Waals surface area (Å²) >= 11 is 7.59. The normalized spacial score (nSPS) is 19.1. The lowest BCUT2D eigenvalue weighted by Crippen LogP contribution is -2.33. The number of nitrogens with zero attached hydrogens (tertiary/aromatic N) is 4. The summed E-state index contributed by atoms with van der Waals surface area (Å²) in [5.74, 6) is 6.15. The van der Waals surface area contributed by atoms with E-state index in [-0.39, 0.29) is 32.9 Å². The topological polar surface area (TPSA) is 113 Å². The Kier molecular flexibility index (Phi) is 11.3. The van der Waals surface area contributed by atoms with Crippen LogP contribution in [0.1, 0.15) is 56.5 Å². The molecule has 1 fully saturated rings. The fourth-order valence-electron chi connectivity index (χ4n) is 3.40. The summed E-state index contributed by atoms with van der Waals surface area (Å²) in [5.41, 5.74) is 2.83. The van der Waals surface area contributed by atoms with Crippen molar-refractivity contribution in [3.63, 3.8) is 0 Å². The van der Waals surface area contributed by atoms with Crippen LogP contribution in [0.2, 0.25) is 0 Å². The van der Waals surface area contributed by atoms with Gasteiger partial charge in [0.25, 0.3) is 17.9 Å². The van der Waals surface area contributed by atoms with Crippen molar-refractivity contribution < 1.29 is 13.6 Å². The number of aromatic nitrogens is 3. The predicted octanol–water partition coefficient (Wildman–Crippen LogP) is 4.46. The molecule has 0 saturated heterocycles. The van der Waals surface area contributed by atoms with Crippen molar-refractivity contribution in [3.05, 3.63) is 69.4 Å². The van der Waals surface area contributed by atoms with Gasteiger partial charge in [0.2, 0.25) is 0 Å². The third-order valence-corrected chi connectivity index (χ3v) is 6.55. The van der Waals surface area contributed by atoms with Crippen molar-refractivity contribution in [1.29, 1.82) is 0 Å². The molecule has 1 aliphatic carbocycles. The first-order chi connectivity index (χ1) is 19.4. The Morgan fingerprint density at radius 3 is 2.67 bits per heavy atom. The number of amidine groups is 1. The van der Waals surface area contributed by atoms with Gasteiger partial charge in [-0.1, -0.05) is 51.1 Å². The zero-order chi connectivity index (χ0) is 29.2. The molecule has 3 aliphatic rings. The maximum absolute atomic E-state index is 13.5. The molecule has 0 bridgehead atoms. The van der Waals surface area contributed by atoms with Crippen LogP contribution in [0.25, 0.3) is 11.4 Å². The van der Waals surface area contributed by atoms with Crippen LogP contribution in [0.4, 0.5) is 8.78 Å². The van der Waals surface area contributed by atoms with Crippen LogP contribution >= 0.6 is 23.4 Å². The van der Waals surface area contributed by atoms with E-state index in [1.807, 2.05) is 27.7 Å². The standard InChI is InChI=1S/C23H18ClF2N7O2S.2C2H6/c24-16-11-27-17(21(25)26)8-14(16)13-9-18(33-20(34)2-1-7-29-33)28-10-15(13)22(35)30-23-32-31-19(36-23)6-5-12-3-4-12;2*1-2/h1-2,7-12,17,19,21,27,31H,3-4H2,(H,30,32,35);2*1-2H3. The van der Waals surface area contributed by atoms with Gasteiger partial charge in [0.1, 0.15) is 6.04 Å². The van der Waals surface area contributed by atoms with Crippen molar-refractivity contribution >= 4 is 40.0 Å². The molecule has 2 aromatic heterocycles. The van der Waals surface area contributed by atoms with Crippen LogP contribution in [0, 0.1) is 17.8 Å². The van der Waals surface area contributed by atoms with Crippen LogP contribution in [-0.4, -0.2) is 43.7 Å². The van der Waals surface area contributed by atoms with Crippen molar-refractivity contribution in [2.75, 3.05) is 0 Å². The highest BCUT2D eigenvalue weighted by atomic mass is 35.5. The molecule has 13 heteroatoms. The number of nitrogens with one attached hydrogen (secondary N) is 3. The Labute approximate surface area is 240 Å². The highest BCUT2D eigenvalue weighted by Crippen LogP contribution is 2.33. The van der Waals surface area contributed by atoms with Crippen LogP contribution in [0.3, 0.4) is 0 Å². The average molecular weight is 590 g/mol. The highest BCUT2D eigenvalue weighted by molar-refractivity contribution is 8.14. The summed E-state index contributed by atoms with van der Waals surface area (Å²) in [6.07, 6.45) is 4.59. The number of thioether (sulfide) groups is 1. The Balaban J connectivity index is 0.00000106. The molecule has 9 nitrogen and oxygen atoms in total. The lowest BCUT2D eigenvalue weighted by molar-refractivity contribution is 0.0977. The fourth-order valence-corrected chi connectivity index (χ4v) is 4.34. The minimum atomic E-state index is -2.72. The van der Waals surface area contributed by atoms with Gasteiger partial charge in [-0.25, -0.2) is 13.8 Å². The summed E-state index contributed by atoms with van der Waals surface area (Å²) in [6, 6.07) is 2.85. The van der Waals surface area contributed by atoms with E-state index in [1.54, 1.807) is 0 Å². The molecule has 2 aromatic rings. The molecule has 212 valence electrons. The molecule has 5 rings (SSSR count). The molecule has 4 heterocycles. The van der Waals surface area contributed by atoms with E-state index in [0.29, 0.717) is 11.1 Å². The Morgan fingerprint density at radius 1 is 1.25 bits per heavy atom. The summed E-state index contributed by atoms with van der Waals surface area (Å²) < 4.78 is 27.9.